The summed E-state index contributed by atoms with van der Waals surface area (Å²) in [5, 5.41) is 11.0. The van der Waals surface area contributed by atoms with Gasteiger partial charge in [0.25, 0.3) is 0 Å². The number of hydrogen-bond donors (Lipinski definition) is 0. The van der Waals surface area contributed by atoms with Crippen molar-refractivity contribution < 1.29 is 0 Å². The van der Waals surface area contributed by atoms with E-state index >= 15 is 0 Å². The summed E-state index contributed by atoms with van der Waals surface area (Å²) in [5.41, 5.74) is 2.36. The molecule has 0 amide bonds. The van der Waals surface area contributed by atoms with Crippen LogP contribution in [0.2, 0.25) is 0 Å². The Balaban J connectivity index is 2.64. The fourth-order valence-corrected chi connectivity index (χ4v) is 1.90. The summed E-state index contributed by atoms with van der Waals surface area (Å²) in [5.74, 6) is 0. The van der Waals surface area contributed by atoms with E-state index in [4.69, 9.17) is 5.26 Å². The van der Waals surface area contributed by atoms with E-state index < -0.39 is 0 Å². The highest BCUT2D eigenvalue weighted by molar-refractivity contribution is 6.07. The van der Waals surface area contributed by atoms with Gasteiger partial charge in [-0.2, -0.15) is 5.26 Å². The van der Waals surface area contributed by atoms with Crippen molar-refractivity contribution in [2.24, 2.45) is 0 Å². The average Bonchev–Trinajstić information content (AvgIpc) is 2.37. The van der Waals surface area contributed by atoms with Crippen molar-refractivity contribution >= 4 is 21.8 Å². The van der Waals surface area contributed by atoms with Gasteiger partial charge in [0, 0.05) is 23.2 Å². The maximum atomic E-state index is 9.10. The van der Waals surface area contributed by atoms with Crippen LogP contribution in [0.3, 0.4) is 0 Å². The first kappa shape index (κ1) is 8.81. The van der Waals surface area contributed by atoms with Crippen LogP contribution < -0.4 is 0 Å². The number of hydrogen-bond acceptors (Lipinski definition) is 3. The summed E-state index contributed by atoms with van der Waals surface area (Å²) in [6, 6.07) is 11.6. The Morgan fingerprint density at radius 2 is 1.75 bits per heavy atom. The third kappa shape index (κ3) is 1.14. The molecule has 3 nitrogen and oxygen atoms in total. The zero-order valence-electron chi connectivity index (χ0n) is 8.38. The molecule has 0 unspecified atom stereocenters. The van der Waals surface area contributed by atoms with Crippen LogP contribution in [0.4, 0.5) is 0 Å². The molecule has 0 N–H and O–H groups in total. The first-order valence-electron chi connectivity index (χ1n) is 4.93. The van der Waals surface area contributed by atoms with Gasteiger partial charge in [0.2, 0.25) is 0 Å². The molecular formula is C13H7N3. The maximum absolute atomic E-state index is 9.10. The first-order chi connectivity index (χ1) is 7.90. The fourth-order valence-electron chi connectivity index (χ4n) is 1.90. The average molecular weight is 205 g/mol. The summed E-state index contributed by atoms with van der Waals surface area (Å²) >= 11 is 0. The lowest BCUT2D eigenvalue weighted by molar-refractivity contribution is 1.38. The molecule has 0 saturated carbocycles. The van der Waals surface area contributed by atoms with E-state index in [1.165, 1.54) is 0 Å². The molecule has 2 aromatic heterocycles. The second kappa shape index (κ2) is 3.28. The molecular weight excluding hydrogens is 198 g/mol. The van der Waals surface area contributed by atoms with Gasteiger partial charge in [-0.1, -0.05) is 6.07 Å². The molecule has 0 radical (unpaired) electrons. The fraction of sp³-hybridized carbons (Fsp3) is 0. The maximum Gasteiger partial charge on any atom is 0.0999 e. The number of nitrogens with zero attached hydrogens (tertiary/aromatic N) is 3. The predicted octanol–water partition coefficient (Wildman–Crippen LogP) is 2.65. The minimum absolute atomic E-state index is 0.642. The zero-order valence-corrected chi connectivity index (χ0v) is 8.38. The number of benzene rings is 1. The summed E-state index contributed by atoms with van der Waals surface area (Å²) in [6.07, 6.45) is 3.40. The number of nitriles is 1. The Morgan fingerprint density at radius 3 is 2.62 bits per heavy atom. The van der Waals surface area contributed by atoms with Gasteiger partial charge in [-0.15, -0.1) is 0 Å². The van der Waals surface area contributed by atoms with E-state index in [0.717, 1.165) is 21.8 Å². The summed E-state index contributed by atoms with van der Waals surface area (Å²) in [6.45, 7) is 0. The van der Waals surface area contributed by atoms with E-state index in [9.17, 15) is 0 Å². The number of pyridine rings is 2. The lowest BCUT2D eigenvalue weighted by Gasteiger charge is -2.03. The van der Waals surface area contributed by atoms with Crippen LogP contribution in [-0.2, 0) is 0 Å². The Kier molecular flexibility index (Phi) is 1.81. The van der Waals surface area contributed by atoms with Gasteiger partial charge in [0.15, 0.2) is 0 Å². The van der Waals surface area contributed by atoms with Gasteiger partial charge in [-0.3, -0.25) is 9.97 Å². The second-order valence-electron chi connectivity index (χ2n) is 3.50. The van der Waals surface area contributed by atoms with Crippen LogP contribution >= 0.6 is 0 Å². The largest absolute Gasteiger partial charge is 0.256 e. The summed E-state index contributed by atoms with van der Waals surface area (Å²) < 4.78 is 0. The van der Waals surface area contributed by atoms with Gasteiger partial charge >= 0.3 is 0 Å². The molecule has 16 heavy (non-hydrogen) atoms. The monoisotopic (exact) mass is 205 g/mol. The lowest BCUT2D eigenvalue weighted by atomic mass is 10.0. The highest BCUT2D eigenvalue weighted by Crippen LogP contribution is 2.25. The topological polar surface area (TPSA) is 49.6 Å². The Labute approximate surface area is 92.0 Å². The molecule has 3 aromatic rings. The van der Waals surface area contributed by atoms with Crippen LogP contribution in [0.15, 0.2) is 42.7 Å². The standard InChI is InChI=1S/C13H7N3/c14-8-9-5-7-16-12-4-3-11-10(13(9)12)2-1-6-15-11/h1-7H. The number of fused-ring (bicyclic) bond motifs is 3. The molecule has 3 heteroatoms. The van der Waals surface area contributed by atoms with Crippen LogP contribution in [0, 0.1) is 11.3 Å². The van der Waals surface area contributed by atoms with E-state index in [1.54, 1.807) is 18.5 Å². The second-order valence-corrected chi connectivity index (χ2v) is 3.50. The van der Waals surface area contributed by atoms with Crippen LogP contribution in [0.5, 0.6) is 0 Å². The molecule has 0 bridgehead atoms. The Bertz CT molecular complexity index is 726. The van der Waals surface area contributed by atoms with E-state index in [2.05, 4.69) is 16.0 Å². The van der Waals surface area contributed by atoms with Crippen molar-refractivity contribution in [1.29, 1.82) is 5.26 Å². The number of aromatic nitrogens is 2. The van der Waals surface area contributed by atoms with Gasteiger partial charge in [0.1, 0.15) is 0 Å². The molecule has 0 aliphatic rings. The molecule has 3 rings (SSSR count). The van der Waals surface area contributed by atoms with E-state index in [-0.39, 0.29) is 0 Å². The van der Waals surface area contributed by atoms with Crippen molar-refractivity contribution in [1.82, 2.24) is 9.97 Å². The minimum atomic E-state index is 0.642. The first-order valence-corrected chi connectivity index (χ1v) is 4.93. The van der Waals surface area contributed by atoms with Crippen molar-refractivity contribution in [3.05, 3.63) is 48.3 Å². The van der Waals surface area contributed by atoms with E-state index in [0.29, 0.717) is 5.56 Å². The molecule has 0 spiro atoms. The van der Waals surface area contributed by atoms with Gasteiger partial charge in [-0.05, 0) is 24.3 Å². The molecule has 2 heterocycles. The van der Waals surface area contributed by atoms with E-state index in [1.807, 2.05) is 24.3 Å². The Hall–Kier alpha value is -2.47. The highest BCUT2D eigenvalue weighted by atomic mass is 14.7. The lowest BCUT2D eigenvalue weighted by Crippen LogP contribution is -1.86. The van der Waals surface area contributed by atoms with Crippen LogP contribution in [-0.4, -0.2) is 9.97 Å². The smallest absolute Gasteiger partial charge is 0.0999 e. The predicted molar refractivity (Wildman–Crippen MR) is 61.8 cm³/mol. The molecule has 74 valence electrons. The summed E-state index contributed by atoms with van der Waals surface area (Å²) in [4.78, 5) is 8.53. The number of rotatable bonds is 0. The van der Waals surface area contributed by atoms with Crippen LogP contribution in [0.25, 0.3) is 21.8 Å². The molecule has 0 aliphatic carbocycles. The molecule has 0 saturated heterocycles. The van der Waals surface area contributed by atoms with Crippen molar-refractivity contribution in [3.8, 4) is 6.07 Å². The van der Waals surface area contributed by atoms with Crippen LogP contribution in [0.1, 0.15) is 5.56 Å². The highest BCUT2D eigenvalue weighted by Gasteiger charge is 2.05. The van der Waals surface area contributed by atoms with Gasteiger partial charge in [0.05, 0.1) is 22.7 Å². The SMILES string of the molecule is N#Cc1ccnc2ccc3ncccc3c12. The zero-order chi connectivity index (χ0) is 11.0. The molecule has 0 aliphatic heterocycles. The molecule has 0 atom stereocenters. The third-order valence-electron chi connectivity index (χ3n) is 2.61. The molecule has 1 aromatic carbocycles. The van der Waals surface area contributed by atoms with Gasteiger partial charge < -0.3 is 0 Å². The molecule has 0 fully saturated rings. The van der Waals surface area contributed by atoms with Gasteiger partial charge in [-0.25, -0.2) is 0 Å². The Morgan fingerprint density at radius 1 is 0.938 bits per heavy atom. The third-order valence-corrected chi connectivity index (χ3v) is 2.61. The van der Waals surface area contributed by atoms with Crippen molar-refractivity contribution in [2.45, 2.75) is 0 Å². The normalized spacial score (nSPS) is 10.4. The quantitative estimate of drug-likeness (QED) is 0.530. The summed E-state index contributed by atoms with van der Waals surface area (Å²) in [7, 11) is 0. The van der Waals surface area contributed by atoms with Crippen molar-refractivity contribution in [3.63, 3.8) is 0 Å². The van der Waals surface area contributed by atoms with Crippen molar-refractivity contribution in [2.75, 3.05) is 0 Å². The minimum Gasteiger partial charge on any atom is -0.256 e.